The van der Waals surface area contributed by atoms with Gasteiger partial charge in [-0.1, -0.05) is 6.07 Å². The maximum absolute atomic E-state index is 12.6. The van der Waals surface area contributed by atoms with Gasteiger partial charge < -0.3 is 20.1 Å². The van der Waals surface area contributed by atoms with E-state index in [0.29, 0.717) is 34.9 Å². The summed E-state index contributed by atoms with van der Waals surface area (Å²) in [7, 11) is 3.39. The number of aromatic hydroxyl groups is 1. The minimum absolute atomic E-state index is 0.0834. The predicted molar refractivity (Wildman–Crippen MR) is 127 cm³/mol. The second-order valence-electron chi connectivity index (χ2n) is 7.81. The number of phenolic OH excluding ortho intramolecular Hbond substituents is 1. The molecule has 3 N–H and O–H groups in total. The molecule has 0 spiro atoms. The molecule has 5 aromatic rings. The van der Waals surface area contributed by atoms with Gasteiger partial charge in [0, 0.05) is 42.7 Å². The fourth-order valence-corrected chi connectivity index (χ4v) is 3.79. The van der Waals surface area contributed by atoms with Gasteiger partial charge in [-0.15, -0.1) is 0 Å². The third kappa shape index (κ3) is 4.06. The summed E-state index contributed by atoms with van der Waals surface area (Å²) in [5.74, 6) is 0.861. The van der Waals surface area contributed by atoms with Crippen LogP contribution in [0.2, 0.25) is 0 Å². The summed E-state index contributed by atoms with van der Waals surface area (Å²) in [6.45, 7) is 0.384. The number of aromatic nitrogens is 5. The van der Waals surface area contributed by atoms with Gasteiger partial charge in [0.05, 0.1) is 29.9 Å². The fourth-order valence-electron chi connectivity index (χ4n) is 3.79. The van der Waals surface area contributed by atoms with Crippen LogP contribution in [0, 0.1) is 0 Å². The molecular weight excluding hydrogens is 432 g/mol. The number of amides is 1. The Kier molecular flexibility index (Phi) is 5.43. The third-order valence-corrected chi connectivity index (χ3v) is 5.48. The first-order chi connectivity index (χ1) is 16.5. The lowest BCUT2D eigenvalue weighted by Gasteiger charge is -2.09. The number of aryl methyl sites for hydroxylation is 1. The van der Waals surface area contributed by atoms with Crippen molar-refractivity contribution in [1.82, 2.24) is 30.0 Å². The lowest BCUT2D eigenvalue weighted by atomic mass is 10.0. The molecular formula is C25H22N6O3. The molecule has 0 saturated carbocycles. The maximum Gasteiger partial charge on any atom is 0.251 e. The topological polar surface area (TPSA) is 118 Å². The first-order valence-electron chi connectivity index (χ1n) is 10.6. The van der Waals surface area contributed by atoms with Crippen molar-refractivity contribution in [3.8, 4) is 34.1 Å². The molecule has 34 heavy (non-hydrogen) atoms. The first kappa shape index (κ1) is 21.2. The number of carbonyl (C=O) groups is 1. The number of aromatic amines is 1. The Labute approximate surface area is 195 Å². The summed E-state index contributed by atoms with van der Waals surface area (Å²) in [5.41, 5.74) is 4.94. The average Bonchev–Trinajstić information content (AvgIpc) is 3.48. The summed E-state index contributed by atoms with van der Waals surface area (Å²) in [6.07, 6.45) is 5.23. The number of methoxy groups -OCH3 is 1. The van der Waals surface area contributed by atoms with Gasteiger partial charge in [-0.2, -0.15) is 5.10 Å². The van der Waals surface area contributed by atoms with Crippen LogP contribution in [-0.2, 0) is 13.6 Å². The minimum Gasteiger partial charge on any atom is -0.507 e. The Bertz CT molecular complexity index is 1500. The van der Waals surface area contributed by atoms with E-state index in [-0.39, 0.29) is 11.7 Å². The van der Waals surface area contributed by atoms with E-state index < -0.39 is 0 Å². The zero-order chi connectivity index (χ0) is 23.7. The molecule has 5 rings (SSSR count). The Morgan fingerprint density at radius 1 is 1.18 bits per heavy atom. The number of ether oxygens (including phenoxy) is 1. The summed E-state index contributed by atoms with van der Waals surface area (Å²) >= 11 is 0. The van der Waals surface area contributed by atoms with Crippen LogP contribution in [0.15, 0.2) is 67.1 Å². The molecule has 1 amide bonds. The van der Waals surface area contributed by atoms with Crippen molar-refractivity contribution in [2.24, 2.45) is 7.05 Å². The van der Waals surface area contributed by atoms with E-state index in [2.05, 4.69) is 25.4 Å². The molecule has 9 nitrogen and oxygen atoms in total. The number of nitrogens with one attached hydrogen (secondary N) is 2. The zero-order valence-electron chi connectivity index (χ0n) is 18.6. The van der Waals surface area contributed by atoms with Gasteiger partial charge in [0.15, 0.2) is 0 Å². The molecule has 0 aliphatic rings. The van der Waals surface area contributed by atoms with Crippen LogP contribution >= 0.6 is 0 Å². The van der Waals surface area contributed by atoms with E-state index in [1.807, 2.05) is 31.4 Å². The highest BCUT2D eigenvalue weighted by atomic mass is 16.5. The number of nitrogens with zero attached hydrogens (tertiary/aromatic N) is 4. The van der Waals surface area contributed by atoms with Crippen molar-refractivity contribution in [2.45, 2.75) is 6.54 Å². The lowest BCUT2D eigenvalue weighted by Crippen LogP contribution is -2.22. The van der Waals surface area contributed by atoms with Gasteiger partial charge in [-0.3, -0.25) is 9.48 Å². The van der Waals surface area contributed by atoms with E-state index in [4.69, 9.17) is 4.74 Å². The Hall–Kier alpha value is -4.66. The Balaban J connectivity index is 1.44. The number of fused-ring (bicyclic) bond motifs is 1. The highest BCUT2D eigenvalue weighted by molar-refractivity contribution is 5.97. The molecule has 2 aromatic carbocycles. The van der Waals surface area contributed by atoms with E-state index in [1.54, 1.807) is 54.5 Å². The number of pyridine rings is 1. The molecule has 170 valence electrons. The zero-order valence-corrected chi connectivity index (χ0v) is 18.6. The van der Waals surface area contributed by atoms with Crippen LogP contribution in [0.1, 0.15) is 15.9 Å². The van der Waals surface area contributed by atoms with Crippen molar-refractivity contribution < 1.29 is 14.6 Å². The fraction of sp³-hybridized carbons (Fsp3) is 0.120. The van der Waals surface area contributed by atoms with Crippen molar-refractivity contribution >= 4 is 16.9 Å². The van der Waals surface area contributed by atoms with Crippen molar-refractivity contribution in [3.63, 3.8) is 0 Å². The number of imidazole rings is 1. The van der Waals surface area contributed by atoms with Crippen LogP contribution < -0.4 is 10.1 Å². The van der Waals surface area contributed by atoms with Gasteiger partial charge >= 0.3 is 0 Å². The van der Waals surface area contributed by atoms with Gasteiger partial charge in [0.1, 0.15) is 11.6 Å². The highest BCUT2D eigenvalue weighted by Crippen LogP contribution is 2.35. The molecule has 9 heteroatoms. The number of hydrogen-bond donors (Lipinski definition) is 3. The van der Waals surface area contributed by atoms with E-state index in [0.717, 1.165) is 22.2 Å². The molecule has 0 radical (unpaired) electrons. The quantitative estimate of drug-likeness (QED) is 0.360. The van der Waals surface area contributed by atoms with Crippen molar-refractivity contribution in [2.75, 3.05) is 7.11 Å². The Morgan fingerprint density at radius 2 is 2.06 bits per heavy atom. The number of benzene rings is 2. The normalized spacial score (nSPS) is 11.0. The molecule has 0 atom stereocenters. The molecule has 3 heterocycles. The number of carbonyl (C=O) groups excluding carboxylic acids is 1. The number of phenols is 1. The second-order valence-corrected chi connectivity index (χ2v) is 7.81. The molecule has 0 unspecified atom stereocenters. The molecule has 0 fully saturated rings. The van der Waals surface area contributed by atoms with E-state index >= 15 is 0 Å². The lowest BCUT2D eigenvalue weighted by molar-refractivity contribution is 0.0951. The van der Waals surface area contributed by atoms with E-state index in [9.17, 15) is 9.90 Å². The minimum atomic E-state index is -0.205. The van der Waals surface area contributed by atoms with Gasteiger partial charge in [0.25, 0.3) is 5.91 Å². The second kappa shape index (κ2) is 8.70. The van der Waals surface area contributed by atoms with Crippen molar-refractivity contribution in [3.05, 3.63) is 78.2 Å². The number of rotatable bonds is 6. The molecule has 0 aliphatic carbocycles. The summed E-state index contributed by atoms with van der Waals surface area (Å²) in [5, 5.41) is 17.5. The van der Waals surface area contributed by atoms with Gasteiger partial charge in [0.2, 0.25) is 5.88 Å². The maximum atomic E-state index is 12.6. The standard InChI is InChI=1S/C25H22N6O3/c1-31-14-15(13-28-31)12-27-24(33)17-5-7-20-21(11-17)30-23(29-20)19-10-16(6-8-22(19)32)18-4-3-9-26-25(18)34-2/h3-11,13-14,32H,12H2,1-2H3,(H,27,33)(H,29,30). The average molecular weight is 454 g/mol. The van der Waals surface area contributed by atoms with Crippen molar-refractivity contribution in [1.29, 1.82) is 0 Å². The molecule has 0 aliphatic heterocycles. The van der Waals surface area contributed by atoms with Crippen LogP contribution in [0.3, 0.4) is 0 Å². The van der Waals surface area contributed by atoms with Crippen LogP contribution in [0.4, 0.5) is 0 Å². The predicted octanol–water partition coefficient (Wildman–Crippen LogP) is 3.67. The smallest absolute Gasteiger partial charge is 0.251 e. The largest absolute Gasteiger partial charge is 0.507 e. The van der Waals surface area contributed by atoms with Crippen LogP contribution in [0.25, 0.3) is 33.5 Å². The summed E-state index contributed by atoms with van der Waals surface area (Å²) in [6, 6.07) is 14.2. The van der Waals surface area contributed by atoms with Gasteiger partial charge in [-0.25, -0.2) is 9.97 Å². The summed E-state index contributed by atoms with van der Waals surface area (Å²) in [4.78, 5) is 24.7. The van der Waals surface area contributed by atoms with Crippen LogP contribution in [-0.4, -0.2) is 42.9 Å². The molecule has 3 aromatic heterocycles. The van der Waals surface area contributed by atoms with Crippen LogP contribution in [0.5, 0.6) is 11.6 Å². The first-order valence-corrected chi connectivity index (χ1v) is 10.6. The Morgan fingerprint density at radius 3 is 2.85 bits per heavy atom. The third-order valence-electron chi connectivity index (χ3n) is 5.48. The molecule has 0 bridgehead atoms. The molecule has 0 saturated heterocycles. The van der Waals surface area contributed by atoms with Gasteiger partial charge in [-0.05, 0) is 48.0 Å². The highest BCUT2D eigenvalue weighted by Gasteiger charge is 2.15. The van der Waals surface area contributed by atoms with E-state index in [1.165, 1.54) is 0 Å². The number of H-pyrrole nitrogens is 1. The number of hydrogen-bond acceptors (Lipinski definition) is 6. The SMILES string of the molecule is COc1ncccc1-c1ccc(O)c(-c2nc3cc(C(=O)NCc4cnn(C)c4)ccc3[nH]2)c1. The summed E-state index contributed by atoms with van der Waals surface area (Å²) < 4.78 is 7.06. The monoisotopic (exact) mass is 454 g/mol.